The molecule has 0 atom stereocenters. The van der Waals surface area contributed by atoms with Crippen molar-refractivity contribution in [3.63, 3.8) is 0 Å². The largest absolute Gasteiger partial charge is 0.493 e. The number of benzene rings is 2. The van der Waals surface area contributed by atoms with Crippen molar-refractivity contribution in [2.45, 2.75) is 6.92 Å². The first-order valence-corrected chi connectivity index (χ1v) is 8.62. The van der Waals surface area contributed by atoms with E-state index in [1.54, 1.807) is 25.5 Å². The van der Waals surface area contributed by atoms with Gasteiger partial charge in [0.05, 0.1) is 18.3 Å². The Bertz CT molecular complexity index is 913. The molecule has 0 aliphatic carbocycles. The summed E-state index contributed by atoms with van der Waals surface area (Å²) >= 11 is 6.35. The topological polar surface area (TPSA) is 70.8 Å². The number of hydrogen-bond donors (Lipinski definition) is 0. The predicted octanol–water partition coefficient (Wildman–Crippen LogP) is 3.59. The molecule has 0 radical (unpaired) electrons. The molecule has 2 aromatic carbocycles. The highest BCUT2D eigenvalue weighted by molar-refractivity contribution is 6.32. The molecule has 0 unspecified atom stereocenters. The lowest BCUT2D eigenvalue weighted by Crippen LogP contribution is -2.10. The predicted molar refractivity (Wildman–Crippen MR) is 103 cm³/mol. The van der Waals surface area contributed by atoms with Gasteiger partial charge in [0, 0.05) is 0 Å². The zero-order chi connectivity index (χ0) is 19.1. The number of hydrogen-bond acceptors (Lipinski definition) is 6. The van der Waals surface area contributed by atoms with Crippen molar-refractivity contribution in [2.24, 2.45) is 5.10 Å². The van der Waals surface area contributed by atoms with Crippen molar-refractivity contribution in [3.8, 4) is 17.2 Å². The smallest absolute Gasteiger partial charge is 0.179 e. The summed E-state index contributed by atoms with van der Waals surface area (Å²) in [6.45, 7) is 2.74. The van der Waals surface area contributed by atoms with Crippen LogP contribution in [0, 0.1) is 6.92 Å². The van der Waals surface area contributed by atoms with Crippen LogP contribution < -0.4 is 14.2 Å². The summed E-state index contributed by atoms with van der Waals surface area (Å²) in [5.74, 6) is 1.79. The van der Waals surface area contributed by atoms with Crippen molar-refractivity contribution in [1.82, 2.24) is 14.9 Å². The molecule has 0 saturated heterocycles. The minimum Gasteiger partial charge on any atom is -0.493 e. The van der Waals surface area contributed by atoms with Crippen LogP contribution in [0.4, 0.5) is 0 Å². The van der Waals surface area contributed by atoms with Crippen LogP contribution in [0.15, 0.2) is 54.2 Å². The van der Waals surface area contributed by atoms with Gasteiger partial charge in [0.25, 0.3) is 0 Å². The first-order chi connectivity index (χ1) is 13.2. The van der Waals surface area contributed by atoms with Crippen molar-refractivity contribution >= 4 is 17.8 Å². The van der Waals surface area contributed by atoms with E-state index in [0.717, 1.165) is 16.9 Å². The van der Waals surface area contributed by atoms with Crippen molar-refractivity contribution in [1.29, 1.82) is 0 Å². The molecule has 0 bridgehead atoms. The lowest BCUT2D eigenvalue weighted by Gasteiger charge is -2.14. The molecule has 0 aliphatic rings. The Morgan fingerprint density at radius 3 is 2.63 bits per heavy atom. The van der Waals surface area contributed by atoms with Gasteiger partial charge in [-0.1, -0.05) is 23.7 Å². The van der Waals surface area contributed by atoms with Crippen molar-refractivity contribution in [2.75, 3.05) is 20.3 Å². The third kappa shape index (κ3) is 5.21. The first-order valence-electron chi connectivity index (χ1n) is 8.24. The van der Waals surface area contributed by atoms with E-state index in [1.165, 1.54) is 17.3 Å². The molecular formula is C19H19ClN4O3. The quantitative estimate of drug-likeness (QED) is 0.437. The van der Waals surface area contributed by atoms with Crippen molar-refractivity contribution < 1.29 is 14.2 Å². The number of methoxy groups -OCH3 is 1. The molecule has 0 amide bonds. The van der Waals surface area contributed by atoms with Gasteiger partial charge in [-0.15, -0.1) is 10.2 Å². The zero-order valence-electron chi connectivity index (χ0n) is 15.0. The fraction of sp³-hybridized carbons (Fsp3) is 0.211. The summed E-state index contributed by atoms with van der Waals surface area (Å²) in [4.78, 5) is 0. The number of halogens is 1. The van der Waals surface area contributed by atoms with Gasteiger partial charge < -0.3 is 14.2 Å². The SMILES string of the molecule is COc1cc(C=Nn2cnnc2)cc(Cl)c1OCCOc1cccc(C)c1. The molecule has 0 N–H and O–H groups in total. The molecule has 1 aromatic heterocycles. The minimum absolute atomic E-state index is 0.332. The Kier molecular flexibility index (Phi) is 6.27. The van der Waals surface area contributed by atoms with E-state index in [4.69, 9.17) is 25.8 Å². The van der Waals surface area contributed by atoms with Crippen LogP contribution in [-0.4, -0.2) is 41.4 Å². The second-order valence-corrected chi connectivity index (χ2v) is 6.04. The number of rotatable bonds is 8. The third-order valence-electron chi connectivity index (χ3n) is 3.59. The summed E-state index contributed by atoms with van der Waals surface area (Å²) < 4.78 is 18.3. The Balaban J connectivity index is 1.62. The van der Waals surface area contributed by atoms with Gasteiger partial charge in [0.2, 0.25) is 0 Å². The van der Waals surface area contributed by atoms with Crippen LogP contribution in [0.5, 0.6) is 17.2 Å². The fourth-order valence-electron chi connectivity index (χ4n) is 2.35. The molecule has 7 nitrogen and oxygen atoms in total. The minimum atomic E-state index is 0.332. The van der Waals surface area contributed by atoms with Crippen LogP contribution in [0.2, 0.25) is 5.02 Å². The van der Waals surface area contributed by atoms with Crippen LogP contribution >= 0.6 is 11.6 Å². The molecule has 8 heteroatoms. The molecule has 0 aliphatic heterocycles. The van der Waals surface area contributed by atoms with Crippen LogP contribution in [-0.2, 0) is 0 Å². The highest BCUT2D eigenvalue weighted by atomic mass is 35.5. The summed E-state index contributed by atoms with van der Waals surface area (Å²) in [7, 11) is 1.56. The van der Waals surface area contributed by atoms with E-state index in [0.29, 0.717) is 29.7 Å². The maximum absolute atomic E-state index is 6.35. The highest BCUT2D eigenvalue weighted by Crippen LogP contribution is 2.36. The van der Waals surface area contributed by atoms with E-state index in [1.807, 2.05) is 31.2 Å². The van der Waals surface area contributed by atoms with Gasteiger partial charge in [-0.2, -0.15) is 5.10 Å². The van der Waals surface area contributed by atoms with Gasteiger partial charge in [-0.25, -0.2) is 4.68 Å². The zero-order valence-corrected chi connectivity index (χ0v) is 15.8. The monoisotopic (exact) mass is 386 g/mol. The second-order valence-electron chi connectivity index (χ2n) is 5.63. The molecule has 140 valence electrons. The molecule has 27 heavy (non-hydrogen) atoms. The Labute approximate surface area is 162 Å². The van der Waals surface area contributed by atoms with Crippen LogP contribution in [0.3, 0.4) is 0 Å². The number of nitrogens with zero attached hydrogens (tertiary/aromatic N) is 4. The van der Waals surface area contributed by atoms with E-state index in [-0.39, 0.29) is 0 Å². The van der Waals surface area contributed by atoms with Crippen LogP contribution in [0.25, 0.3) is 0 Å². The molecule has 0 spiro atoms. The summed E-state index contributed by atoms with van der Waals surface area (Å²) in [6.07, 6.45) is 4.60. The van der Waals surface area contributed by atoms with Gasteiger partial charge in [-0.3, -0.25) is 0 Å². The first kappa shape index (κ1) is 18.7. The van der Waals surface area contributed by atoms with Crippen molar-refractivity contribution in [3.05, 3.63) is 65.2 Å². The molecule has 3 rings (SSSR count). The third-order valence-corrected chi connectivity index (χ3v) is 3.87. The lowest BCUT2D eigenvalue weighted by molar-refractivity contribution is 0.211. The molecular weight excluding hydrogens is 368 g/mol. The normalized spacial score (nSPS) is 10.9. The Morgan fingerprint density at radius 1 is 1.11 bits per heavy atom. The average Bonchev–Trinajstić information content (AvgIpc) is 3.18. The number of aromatic nitrogens is 3. The summed E-state index contributed by atoms with van der Waals surface area (Å²) in [6, 6.07) is 11.4. The van der Waals surface area contributed by atoms with E-state index >= 15 is 0 Å². The van der Waals surface area contributed by atoms with Gasteiger partial charge in [0.1, 0.15) is 31.6 Å². The van der Waals surface area contributed by atoms with Crippen LogP contribution in [0.1, 0.15) is 11.1 Å². The molecule has 0 saturated carbocycles. The standard InChI is InChI=1S/C19H19ClN4O3/c1-14-4-3-5-16(8-14)26-6-7-27-19-17(20)9-15(10-18(19)25-2)11-23-24-12-21-22-13-24/h3-5,8-13H,6-7H2,1-2H3. The van der Waals surface area contributed by atoms with Gasteiger partial charge >= 0.3 is 0 Å². The van der Waals surface area contributed by atoms with Gasteiger partial charge in [0.15, 0.2) is 11.5 Å². The van der Waals surface area contributed by atoms with E-state index in [2.05, 4.69) is 15.3 Å². The van der Waals surface area contributed by atoms with Gasteiger partial charge in [-0.05, 0) is 42.3 Å². The Morgan fingerprint density at radius 2 is 1.89 bits per heavy atom. The fourth-order valence-corrected chi connectivity index (χ4v) is 2.62. The number of ether oxygens (including phenoxy) is 3. The molecule has 0 fully saturated rings. The maximum atomic E-state index is 6.35. The summed E-state index contributed by atoms with van der Waals surface area (Å²) in [5.41, 5.74) is 1.90. The molecule has 1 heterocycles. The lowest BCUT2D eigenvalue weighted by atomic mass is 10.2. The second kappa shape index (κ2) is 9.05. The number of aryl methyl sites for hydroxylation is 1. The van der Waals surface area contributed by atoms with E-state index < -0.39 is 0 Å². The average molecular weight is 387 g/mol. The maximum Gasteiger partial charge on any atom is 0.179 e. The summed E-state index contributed by atoms with van der Waals surface area (Å²) in [5, 5.41) is 12.0. The highest BCUT2D eigenvalue weighted by Gasteiger charge is 2.11. The molecule has 3 aromatic rings. The Hall–Kier alpha value is -3.06. The van der Waals surface area contributed by atoms with E-state index in [9.17, 15) is 0 Å².